The lowest BCUT2D eigenvalue weighted by atomic mass is 10.2. The zero-order valence-electron chi connectivity index (χ0n) is 11.5. The number of halogens is 2. The largest absolute Gasteiger partial charge is 0.494 e. The van der Waals surface area contributed by atoms with Crippen molar-refractivity contribution in [3.8, 4) is 5.75 Å². The monoisotopic (exact) mass is 291 g/mol. The van der Waals surface area contributed by atoms with Crippen LogP contribution in [0.15, 0.2) is 42.5 Å². The van der Waals surface area contributed by atoms with Gasteiger partial charge in [-0.15, -0.1) is 0 Å². The average Bonchev–Trinajstić information content (AvgIpc) is 2.46. The number of benzene rings is 2. The Labute approximate surface area is 121 Å². The van der Waals surface area contributed by atoms with Gasteiger partial charge in [0.15, 0.2) is 0 Å². The van der Waals surface area contributed by atoms with Gasteiger partial charge in [0.25, 0.3) is 5.91 Å². The molecule has 0 spiro atoms. The van der Waals surface area contributed by atoms with Crippen LogP contribution in [0.3, 0.4) is 0 Å². The lowest BCUT2D eigenvalue weighted by Crippen LogP contribution is -2.15. The molecule has 110 valence electrons. The number of nitrogens with one attached hydrogen (secondary N) is 1. The maximum absolute atomic E-state index is 13.5. The summed E-state index contributed by atoms with van der Waals surface area (Å²) in [6, 6.07) is 9.88. The Morgan fingerprint density at radius 1 is 1.10 bits per heavy atom. The highest BCUT2D eigenvalue weighted by atomic mass is 19.1. The van der Waals surface area contributed by atoms with Crippen LogP contribution in [0.25, 0.3) is 0 Å². The van der Waals surface area contributed by atoms with Gasteiger partial charge in [0.1, 0.15) is 22.9 Å². The third-order valence-corrected chi connectivity index (χ3v) is 2.77. The van der Waals surface area contributed by atoms with Crippen molar-refractivity contribution < 1.29 is 18.3 Å². The van der Waals surface area contributed by atoms with Crippen LogP contribution < -0.4 is 10.1 Å². The van der Waals surface area contributed by atoms with Crippen molar-refractivity contribution in [3.05, 3.63) is 59.7 Å². The highest BCUT2D eigenvalue weighted by Crippen LogP contribution is 2.18. The molecule has 2 rings (SSSR count). The molecule has 0 saturated carbocycles. The van der Waals surface area contributed by atoms with Gasteiger partial charge in [0.2, 0.25) is 0 Å². The molecule has 1 amide bonds. The predicted octanol–water partition coefficient (Wildman–Crippen LogP) is 4.01. The second-order valence-electron chi connectivity index (χ2n) is 4.42. The number of carbonyl (C=O) groups is 1. The third-order valence-electron chi connectivity index (χ3n) is 2.77. The van der Waals surface area contributed by atoms with Crippen LogP contribution >= 0.6 is 0 Å². The second-order valence-corrected chi connectivity index (χ2v) is 4.42. The first-order valence-corrected chi connectivity index (χ1v) is 6.60. The van der Waals surface area contributed by atoms with E-state index >= 15 is 0 Å². The molecule has 0 aliphatic carbocycles. The van der Waals surface area contributed by atoms with Crippen molar-refractivity contribution >= 4 is 11.6 Å². The minimum atomic E-state index is -0.893. The SMILES string of the molecule is CCCOc1ccc(NC(=O)c2c(F)cccc2F)cc1. The number of carbonyl (C=O) groups excluding carboxylic acids is 1. The van der Waals surface area contributed by atoms with Gasteiger partial charge < -0.3 is 10.1 Å². The summed E-state index contributed by atoms with van der Waals surface area (Å²) >= 11 is 0. The maximum Gasteiger partial charge on any atom is 0.261 e. The highest BCUT2D eigenvalue weighted by molar-refractivity contribution is 6.04. The number of anilines is 1. The Morgan fingerprint density at radius 2 is 1.71 bits per heavy atom. The van der Waals surface area contributed by atoms with Crippen molar-refractivity contribution in [3.63, 3.8) is 0 Å². The van der Waals surface area contributed by atoms with Crippen molar-refractivity contribution in [1.82, 2.24) is 0 Å². The van der Waals surface area contributed by atoms with Gasteiger partial charge in [-0.25, -0.2) is 8.78 Å². The van der Waals surface area contributed by atoms with Crippen LogP contribution in [-0.4, -0.2) is 12.5 Å². The van der Waals surface area contributed by atoms with Crippen molar-refractivity contribution in [2.75, 3.05) is 11.9 Å². The molecule has 21 heavy (non-hydrogen) atoms. The molecule has 2 aromatic rings. The number of rotatable bonds is 5. The van der Waals surface area contributed by atoms with E-state index < -0.39 is 23.1 Å². The molecule has 1 N–H and O–H groups in total. The van der Waals surface area contributed by atoms with Gasteiger partial charge in [-0.05, 0) is 42.8 Å². The first-order valence-electron chi connectivity index (χ1n) is 6.60. The highest BCUT2D eigenvalue weighted by Gasteiger charge is 2.16. The molecule has 0 aliphatic rings. The fourth-order valence-corrected chi connectivity index (χ4v) is 1.76. The lowest BCUT2D eigenvalue weighted by molar-refractivity contribution is 0.101. The molecule has 0 atom stereocenters. The molecule has 3 nitrogen and oxygen atoms in total. The topological polar surface area (TPSA) is 38.3 Å². The van der Waals surface area contributed by atoms with Crippen LogP contribution in [0.5, 0.6) is 5.75 Å². The Balaban J connectivity index is 2.09. The summed E-state index contributed by atoms with van der Waals surface area (Å²) in [5.74, 6) is -1.94. The van der Waals surface area contributed by atoms with Crippen molar-refractivity contribution in [2.24, 2.45) is 0 Å². The van der Waals surface area contributed by atoms with Gasteiger partial charge in [0, 0.05) is 5.69 Å². The predicted molar refractivity (Wildman–Crippen MR) is 76.5 cm³/mol. The molecule has 2 aromatic carbocycles. The van der Waals surface area contributed by atoms with Gasteiger partial charge in [-0.2, -0.15) is 0 Å². The fraction of sp³-hybridized carbons (Fsp3) is 0.188. The summed E-state index contributed by atoms with van der Waals surface area (Å²) in [5, 5.41) is 2.45. The van der Waals surface area contributed by atoms with Crippen LogP contribution in [0.2, 0.25) is 0 Å². The molecule has 0 saturated heterocycles. The Hall–Kier alpha value is -2.43. The first-order chi connectivity index (χ1) is 10.1. The molecule has 0 aromatic heterocycles. The van der Waals surface area contributed by atoms with Crippen molar-refractivity contribution in [2.45, 2.75) is 13.3 Å². The van der Waals surface area contributed by atoms with E-state index in [1.807, 2.05) is 6.92 Å². The zero-order valence-corrected chi connectivity index (χ0v) is 11.5. The zero-order chi connectivity index (χ0) is 15.2. The summed E-state index contributed by atoms with van der Waals surface area (Å²) < 4.78 is 32.4. The molecular formula is C16H15F2NO2. The summed E-state index contributed by atoms with van der Waals surface area (Å²) in [6.45, 7) is 2.60. The number of hydrogen-bond donors (Lipinski definition) is 1. The molecule has 0 unspecified atom stereocenters. The Morgan fingerprint density at radius 3 is 2.29 bits per heavy atom. The van der Waals surface area contributed by atoms with E-state index in [0.717, 1.165) is 18.6 Å². The molecule has 5 heteroatoms. The van der Waals surface area contributed by atoms with E-state index in [1.165, 1.54) is 6.07 Å². The van der Waals surface area contributed by atoms with E-state index in [9.17, 15) is 13.6 Å². The minimum absolute atomic E-state index is 0.437. The molecule has 0 fully saturated rings. The standard InChI is InChI=1S/C16H15F2NO2/c1-2-10-21-12-8-6-11(7-9-12)19-16(20)15-13(17)4-3-5-14(15)18/h3-9H,2,10H2,1H3,(H,19,20). The first kappa shape index (κ1) is 15.0. The van der Waals surface area contributed by atoms with Crippen molar-refractivity contribution in [1.29, 1.82) is 0 Å². The summed E-state index contributed by atoms with van der Waals surface area (Å²) in [4.78, 5) is 11.9. The summed E-state index contributed by atoms with van der Waals surface area (Å²) in [5.41, 5.74) is -0.157. The van der Waals surface area contributed by atoms with Crippen LogP contribution in [0.4, 0.5) is 14.5 Å². The number of ether oxygens (including phenoxy) is 1. The summed E-state index contributed by atoms with van der Waals surface area (Å²) in [6.07, 6.45) is 0.894. The van der Waals surface area contributed by atoms with E-state index in [1.54, 1.807) is 24.3 Å². The Kier molecular flexibility index (Phi) is 4.87. The maximum atomic E-state index is 13.5. The van der Waals surface area contributed by atoms with Gasteiger partial charge in [-0.3, -0.25) is 4.79 Å². The number of hydrogen-bond acceptors (Lipinski definition) is 2. The average molecular weight is 291 g/mol. The van der Waals surface area contributed by atoms with Crippen LogP contribution in [0, 0.1) is 11.6 Å². The Bertz CT molecular complexity index is 606. The quantitative estimate of drug-likeness (QED) is 0.904. The van der Waals surface area contributed by atoms with Gasteiger partial charge in [-0.1, -0.05) is 13.0 Å². The minimum Gasteiger partial charge on any atom is -0.494 e. The normalized spacial score (nSPS) is 10.2. The molecule has 0 aliphatic heterocycles. The second kappa shape index (κ2) is 6.83. The van der Waals surface area contributed by atoms with Crippen LogP contribution in [0.1, 0.15) is 23.7 Å². The lowest BCUT2D eigenvalue weighted by Gasteiger charge is -2.08. The number of amides is 1. The van der Waals surface area contributed by atoms with Gasteiger partial charge in [0.05, 0.1) is 6.61 Å². The van der Waals surface area contributed by atoms with E-state index in [0.29, 0.717) is 18.0 Å². The van der Waals surface area contributed by atoms with Crippen LogP contribution in [-0.2, 0) is 0 Å². The molecule has 0 bridgehead atoms. The smallest absolute Gasteiger partial charge is 0.261 e. The third kappa shape index (κ3) is 3.78. The van der Waals surface area contributed by atoms with E-state index in [4.69, 9.17) is 4.74 Å². The van der Waals surface area contributed by atoms with E-state index in [2.05, 4.69) is 5.32 Å². The molecular weight excluding hydrogens is 276 g/mol. The molecule has 0 radical (unpaired) electrons. The fourth-order valence-electron chi connectivity index (χ4n) is 1.76. The van der Waals surface area contributed by atoms with Gasteiger partial charge >= 0.3 is 0 Å². The van der Waals surface area contributed by atoms with E-state index in [-0.39, 0.29) is 0 Å². The molecule has 0 heterocycles. The summed E-state index contributed by atoms with van der Waals surface area (Å²) in [7, 11) is 0.